The Morgan fingerprint density at radius 1 is 1.00 bits per heavy atom. The van der Waals surface area contributed by atoms with Gasteiger partial charge in [0.25, 0.3) is 0 Å². The van der Waals surface area contributed by atoms with E-state index >= 15 is 0 Å². The molecular weight excluding hydrogens is 246 g/mol. The Balaban J connectivity index is 2.07. The predicted octanol–water partition coefficient (Wildman–Crippen LogP) is 4.11. The summed E-state index contributed by atoms with van der Waals surface area (Å²) in [6.45, 7) is 5.87. The zero-order valence-corrected chi connectivity index (χ0v) is 12.5. The van der Waals surface area contributed by atoms with Crippen molar-refractivity contribution in [1.82, 2.24) is 5.32 Å². The minimum absolute atomic E-state index is 0.523. The molecule has 2 heteroatoms. The summed E-state index contributed by atoms with van der Waals surface area (Å²) in [7, 11) is 1.96. The van der Waals surface area contributed by atoms with Crippen molar-refractivity contribution in [2.24, 2.45) is 0 Å². The maximum atomic E-state index is 5.94. The molecule has 0 radical (unpaired) electrons. The Bertz CT molecular complexity index is 549. The maximum Gasteiger partial charge on any atom is 0.120 e. The molecule has 0 bridgehead atoms. The van der Waals surface area contributed by atoms with Gasteiger partial charge in [-0.2, -0.15) is 0 Å². The molecule has 0 aromatic heterocycles. The molecular formula is C18H23NO. The van der Waals surface area contributed by atoms with Crippen LogP contribution in [0.15, 0.2) is 48.5 Å². The van der Waals surface area contributed by atoms with Crippen molar-refractivity contribution in [2.45, 2.75) is 32.9 Å². The lowest BCUT2D eigenvalue weighted by molar-refractivity contribution is 0.304. The number of ether oxygens (including phenoxy) is 1. The van der Waals surface area contributed by atoms with Gasteiger partial charge >= 0.3 is 0 Å². The Labute approximate surface area is 121 Å². The fourth-order valence-corrected chi connectivity index (χ4v) is 2.19. The molecule has 0 saturated heterocycles. The average Bonchev–Trinajstić information content (AvgIpc) is 2.47. The van der Waals surface area contributed by atoms with Crippen molar-refractivity contribution in [3.05, 3.63) is 65.2 Å². The van der Waals surface area contributed by atoms with Gasteiger partial charge in [0.05, 0.1) is 0 Å². The average molecular weight is 269 g/mol. The van der Waals surface area contributed by atoms with E-state index in [9.17, 15) is 0 Å². The minimum atomic E-state index is 0.523. The van der Waals surface area contributed by atoms with E-state index in [4.69, 9.17) is 4.74 Å². The second-order valence-electron chi connectivity index (χ2n) is 5.31. The van der Waals surface area contributed by atoms with Gasteiger partial charge in [0, 0.05) is 6.54 Å². The molecule has 0 unspecified atom stereocenters. The maximum absolute atomic E-state index is 5.94. The van der Waals surface area contributed by atoms with Crippen LogP contribution in [-0.4, -0.2) is 7.05 Å². The van der Waals surface area contributed by atoms with E-state index in [1.807, 2.05) is 13.1 Å². The third-order valence-corrected chi connectivity index (χ3v) is 3.40. The first-order valence-corrected chi connectivity index (χ1v) is 7.15. The summed E-state index contributed by atoms with van der Waals surface area (Å²) < 4.78 is 5.94. The largest absolute Gasteiger partial charge is 0.489 e. The molecule has 106 valence electrons. The van der Waals surface area contributed by atoms with E-state index < -0.39 is 0 Å². The molecule has 1 N–H and O–H groups in total. The van der Waals surface area contributed by atoms with Crippen LogP contribution in [0, 0.1) is 0 Å². The minimum Gasteiger partial charge on any atom is -0.489 e. The molecule has 0 saturated carbocycles. The number of hydrogen-bond acceptors (Lipinski definition) is 2. The van der Waals surface area contributed by atoms with Crippen LogP contribution in [0.2, 0.25) is 0 Å². The van der Waals surface area contributed by atoms with Gasteiger partial charge in [-0.1, -0.05) is 50.2 Å². The number of benzene rings is 2. The summed E-state index contributed by atoms with van der Waals surface area (Å²) in [4.78, 5) is 0. The molecule has 0 atom stereocenters. The summed E-state index contributed by atoms with van der Waals surface area (Å²) in [6.07, 6.45) is 0. The van der Waals surface area contributed by atoms with Crippen molar-refractivity contribution in [2.75, 3.05) is 7.05 Å². The van der Waals surface area contributed by atoms with Gasteiger partial charge in [-0.3, -0.25) is 0 Å². The van der Waals surface area contributed by atoms with Gasteiger partial charge in [-0.05, 0) is 41.8 Å². The Morgan fingerprint density at radius 2 is 1.75 bits per heavy atom. The molecule has 0 amide bonds. The van der Waals surface area contributed by atoms with Crippen LogP contribution in [0.3, 0.4) is 0 Å². The SMILES string of the molecule is CNCc1ccccc1COc1cccc(C(C)C)c1. The monoisotopic (exact) mass is 269 g/mol. The fourth-order valence-electron chi connectivity index (χ4n) is 2.19. The lowest BCUT2D eigenvalue weighted by Crippen LogP contribution is -2.09. The molecule has 2 rings (SSSR count). The normalized spacial score (nSPS) is 10.8. The number of nitrogens with one attached hydrogen (secondary N) is 1. The molecule has 0 heterocycles. The highest BCUT2D eigenvalue weighted by molar-refractivity contribution is 5.31. The Morgan fingerprint density at radius 3 is 2.45 bits per heavy atom. The zero-order valence-electron chi connectivity index (χ0n) is 12.5. The molecule has 2 aromatic carbocycles. The second-order valence-corrected chi connectivity index (χ2v) is 5.31. The molecule has 0 aliphatic rings. The van der Waals surface area contributed by atoms with Gasteiger partial charge in [0.15, 0.2) is 0 Å². The van der Waals surface area contributed by atoms with Crippen LogP contribution in [0.5, 0.6) is 5.75 Å². The molecule has 2 aromatic rings. The van der Waals surface area contributed by atoms with Crippen molar-refractivity contribution in [1.29, 1.82) is 0 Å². The Kier molecular flexibility index (Phi) is 5.19. The highest BCUT2D eigenvalue weighted by atomic mass is 16.5. The first-order chi connectivity index (χ1) is 9.70. The van der Waals surface area contributed by atoms with E-state index in [-0.39, 0.29) is 0 Å². The molecule has 20 heavy (non-hydrogen) atoms. The predicted molar refractivity (Wildman–Crippen MR) is 84.1 cm³/mol. The third-order valence-electron chi connectivity index (χ3n) is 3.40. The topological polar surface area (TPSA) is 21.3 Å². The number of hydrogen-bond donors (Lipinski definition) is 1. The third kappa shape index (κ3) is 3.84. The molecule has 0 spiro atoms. The van der Waals surface area contributed by atoms with Crippen molar-refractivity contribution in [3.8, 4) is 5.75 Å². The molecule has 0 aliphatic heterocycles. The molecule has 0 aliphatic carbocycles. The van der Waals surface area contributed by atoms with Crippen molar-refractivity contribution in [3.63, 3.8) is 0 Å². The highest BCUT2D eigenvalue weighted by Crippen LogP contribution is 2.21. The standard InChI is InChI=1S/C18H23NO/c1-14(2)15-9-6-10-18(11-15)20-13-17-8-5-4-7-16(17)12-19-3/h4-11,14,19H,12-13H2,1-3H3. The smallest absolute Gasteiger partial charge is 0.120 e. The number of rotatable bonds is 6. The van der Waals surface area contributed by atoms with Crippen LogP contribution in [0.4, 0.5) is 0 Å². The van der Waals surface area contributed by atoms with Gasteiger partial charge < -0.3 is 10.1 Å². The van der Waals surface area contributed by atoms with E-state index in [1.165, 1.54) is 16.7 Å². The summed E-state index contributed by atoms with van der Waals surface area (Å²) in [6, 6.07) is 16.7. The Hall–Kier alpha value is -1.80. The lowest BCUT2D eigenvalue weighted by atomic mass is 10.0. The first kappa shape index (κ1) is 14.6. The van der Waals surface area contributed by atoms with Crippen LogP contribution >= 0.6 is 0 Å². The quantitative estimate of drug-likeness (QED) is 0.852. The van der Waals surface area contributed by atoms with Crippen molar-refractivity contribution >= 4 is 0 Å². The lowest BCUT2D eigenvalue weighted by Gasteiger charge is -2.12. The van der Waals surface area contributed by atoms with Crippen LogP contribution in [0.1, 0.15) is 36.5 Å². The molecule has 2 nitrogen and oxygen atoms in total. The van der Waals surface area contributed by atoms with E-state index in [2.05, 4.69) is 61.6 Å². The van der Waals surface area contributed by atoms with E-state index in [0.29, 0.717) is 12.5 Å². The van der Waals surface area contributed by atoms with Gasteiger partial charge in [0.1, 0.15) is 12.4 Å². The highest BCUT2D eigenvalue weighted by Gasteiger charge is 2.04. The first-order valence-electron chi connectivity index (χ1n) is 7.15. The van der Waals surface area contributed by atoms with Crippen LogP contribution in [0.25, 0.3) is 0 Å². The zero-order chi connectivity index (χ0) is 14.4. The summed E-state index contributed by atoms with van der Waals surface area (Å²) in [5.41, 5.74) is 3.83. The van der Waals surface area contributed by atoms with Crippen LogP contribution < -0.4 is 10.1 Å². The van der Waals surface area contributed by atoms with Gasteiger partial charge in [-0.25, -0.2) is 0 Å². The van der Waals surface area contributed by atoms with E-state index in [0.717, 1.165) is 12.3 Å². The fraction of sp³-hybridized carbons (Fsp3) is 0.333. The van der Waals surface area contributed by atoms with Crippen LogP contribution in [-0.2, 0) is 13.2 Å². The molecule has 0 fully saturated rings. The van der Waals surface area contributed by atoms with Gasteiger partial charge in [0.2, 0.25) is 0 Å². The summed E-state index contributed by atoms with van der Waals surface area (Å²) in [5.74, 6) is 1.46. The van der Waals surface area contributed by atoms with Crippen molar-refractivity contribution < 1.29 is 4.74 Å². The second kappa shape index (κ2) is 7.11. The van der Waals surface area contributed by atoms with E-state index in [1.54, 1.807) is 0 Å². The van der Waals surface area contributed by atoms with Gasteiger partial charge in [-0.15, -0.1) is 0 Å². The summed E-state index contributed by atoms with van der Waals surface area (Å²) in [5, 5.41) is 3.19. The summed E-state index contributed by atoms with van der Waals surface area (Å²) >= 11 is 0.